The molecule has 9 aromatic rings. The third-order valence-electron chi connectivity index (χ3n) is 10.3. The van der Waals surface area contributed by atoms with E-state index < -0.39 is 0 Å². The summed E-state index contributed by atoms with van der Waals surface area (Å²) >= 11 is 0. The van der Waals surface area contributed by atoms with Gasteiger partial charge < -0.3 is 14.0 Å². The fourth-order valence-corrected chi connectivity index (χ4v) is 8.52. The first kappa shape index (κ1) is 24.3. The fourth-order valence-electron chi connectivity index (χ4n) is 8.52. The highest BCUT2D eigenvalue weighted by molar-refractivity contribution is 7.00. The maximum Gasteiger partial charge on any atom is 0.252 e. The van der Waals surface area contributed by atoms with E-state index in [-0.39, 0.29) is 6.71 Å². The number of benzene rings is 7. The van der Waals surface area contributed by atoms with Crippen molar-refractivity contribution < 1.29 is 0 Å². The van der Waals surface area contributed by atoms with Gasteiger partial charge in [-0.3, -0.25) is 0 Å². The van der Waals surface area contributed by atoms with E-state index in [0.29, 0.717) is 0 Å². The molecule has 2 aromatic heterocycles. The molecule has 3 nitrogen and oxygen atoms in total. The third kappa shape index (κ3) is 2.99. The quantitative estimate of drug-likeness (QED) is 0.190. The predicted molar refractivity (Wildman–Crippen MR) is 194 cm³/mol. The van der Waals surface area contributed by atoms with E-state index in [1.807, 2.05) is 0 Å². The smallest absolute Gasteiger partial charge is 0.252 e. The van der Waals surface area contributed by atoms with Gasteiger partial charge >= 0.3 is 0 Å². The molecule has 11 rings (SSSR count). The number of aromatic nitrogens is 2. The Labute approximate surface area is 266 Å². The van der Waals surface area contributed by atoms with Gasteiger partial charge in [-0.2, -0.15) is 0 Å². The van der Waals surface area contributed by atoms with Gasteiger partial charge in [0.2, 0.25) is 0 Å². The minimum atomic E-state index is 0.164. The zero-order chi connectivity index (χ0) is 29.9. The van der Waals surface area contributed by atoms with Gasteiger partial charge in [-0.25, -0.2) is 0 Å². The zero-order valence-corrected chi connectivity index (χ0v) is 24.9. The van der Waals surface area contributed by atoms with Crippen LogP contribution < -0.4 is 21.3 Å². The maximum absolute atomic E-state index is 2.53. The van der Waals surface area contributed by atoms with E-state index >= 15 is 0 Å². The van der Waals surface area contributed by atoms with Crippen LogP contribution in [0.1, 0.15) is 0 Å². The second-order valence-electron chi connectivity index (χ2n) is 12.5. The number of para-hydroxylation sites is 5. The number of rotatable bonds is 3. The van der Waals surface area contributed by atoms with Crippen LogP contribution >= 0.6 is 0 Å². The van der Waals surface area contributed by atoms with E-state index in [9.17, 15) is 0 Å². The van der Waals surface area contributed by atoms with Crippen molar-refractivity contribution in [3.8, 4) is 11.4 Å². The predicted octanol–water partition coefficient (Wildman–Crippen LogP) is 8.49. The van der Waals surface area contributed by atoms with Crippen molar-refractivity contribution >= 4 is 83.8 Å². The van der Waals surface area contributed by atoms with Crippen LogP contribution in [0.15, 0.2) is 158 Å². The summed E-state index contributed by atoms with van der Waals surface area (Å²) in [5, 5.41) is 5.20. The van der Waals surface area contributed by atoms with Crippen molar-refractivity contribution in [3.63, 3.8) is 0 Å². The minimum Gasteiger partial charge on any atom is -0.310 e. The molecule has 0 amide bonds. The molecular formula is C42H26BN3. The van der Waals surface area contributed by atoms with Crippen LogP contribution in [0.4, 0.5) is 17.1 Å². The molecule has 0 N–H and O–H groups in total. The Bertz CT molecular complexity index is 2660. The van der Waals surface area contributed by atoms with E-state index in [1.54, 1.807) is 0 Å². The highest BCUT2D eigenvalue weighted by Gasteiger charge is 2.40. The lowest BCUT2D eigenvalue weighted by atomic mass is 9.34. The van der Waals surface area contributed by atoms with E-state index in [1.165, 1.54) is 71.4 Å². The van der Waals surface area contributed by atoms with Crippen LogP contribution in [-0.2, 0) is 0 Å². The number of fused-ring (bicyclic) bond motifs is 11. The monoisotopic (exact) mass is 583 g/mol. The number of hydrogen-bond donors (Lipinski definition) is 0. The molecular weight excluding hydrogens is 557 g/mol. The Balaban J connectivity index is 1.27. The Morgan fingerprint density at radius 2 is 1.02 bits per heavy atom. The van der Waals surface area contributed by atoms with Crippen molar-refractivity contribution in [2.45, 2.75) is 0 Å². The lowest BCUT2D eigenvalue weighted by molar-refractivity contribution is 1.16. The van der Waals surface area contributed by atoms with E-state index in [4.69, 9.17) is 0 Å². The molecule has 0 aliphatic carbocycles. The molecule has 0 atom stereocenters. The first-order valence-corrected chi connectivity index (χ1v) is 16.0. The Morgan fingerprint density at radius 1 is 0.391 bits per heavy atom. The average molecular weight is 584 g/mol. The molecule has 2 aliphatic heterocycles. The lowest BCUT2D eigenvalue weighted by Crippen LogP contribution is -2.59. The molecule has 0 radical (unpaired) electrons. The highest BCUT2D eigenvalue weighted by atomic mass is 15.1. The van der Waals surface area contributed by atoms with Crippen LogP contribution in [0.2, 0.25) is 0 Å². The summed E-state index contributed by atoms with van der Waals surface area (Å²) in [5.41, 5.74) is 15.3. The van der Waals surface area contributed by atoms with Crippen molar-refractivity contribution in [1.82, 2.24) is 9.13 Å². The Hall–Kier alpha value is -6.00. The number of hydrogen-bond acceptors (Lipinski definition) is 1. The summed E-state index contributed by atoms with van der Waals surface area (Å²) < 4.78 is 5.06. The molecule has 0 spiro atoms. The molecule has 0 unspecified atom stereocenters. The van der Waals surface area contributed by atoms with Gasteiger partial charge in [-0.15, -0.1) is 0 Å². The molecule has 0 saturated heterocycles. The molecule has 0 bridgehead atoms. The van der Waals surface area contributed by atoms with Gasteiger partial charge in [0.1, 0.15) is 0 Å². The molecule has 2 aliphatic rings. The third-order valence-corrected chi connectivity index (χ3v) is 10.3. The maximum atomic E-state index is 2.53. The van der Waals surface area contributed by atoms with Crippen LogP contribution in [0.3, 0.4) is 0 Å². The second kappa shape index (κ2) is 8.80. The summed E-state index contributed by atoms with van der Waals surface area (Å²) in [5.74, 6) is 0. The molecule has 212 valence electrons. The topological polar surface area (TPSA) is 13.1 Å². The Morgan fingerprint density at radius 3 is 1.85 bits per heavy atom. The summed E-state index contributed by atoms with van der Waals surface area (Å²) in [4.78, 5) is 2.36. The Kier molecular flexibility index (Phi) is 4.66. The van der Waals surface area contributed by atoms with Gasteiger partial charge in [0.15, 0.2) is 0 Å². The van der Waals surface area contributed by atoms with Crippen molar-refractivity contribution in [2.75, 3.05) is 4.90 Å². The summed E-state index contributed by atoms with van der Waals surface area (Å²) in [6, 6.07) is 57.9. The van der Waals surface area contributed by atoms with Crippen molar-refractivity contribution in [3.05, 3.63) is 158 Å². The molecule has 0 saturated carbocycles. The SMILES string of the molecule is c1ccc(N(c2ccccc2)c2ccc3c(c2)c2ccc4c5c2n3-c2ccccc2B5c2cccc3c5ccccc5n-4c23)cc1. The summed E-state index contributed by atoms with van der Waals surface area (Å²) in [6.45, 7) is 0.164. The van der Waals surface area contributed by atoms with Crippen LogP contribution in [-0.4, -0.2) is 15.8 Å². The summed E-state index contributed by atoms with van der Waals surface area (Å²) in [6.07, 6.45) is 0. The van der Waals surface area contributed by atoms with Gasteiger partial charge in [0.25, 0.3) is 6.71 Å². The van der Waals surface area contributed by atoms with Gasteiger partial charge in [0, 0.05) is 55.5 Å². The zero-order valence-electron chi connectivity index (χ0n) is 24.9. The molecule has 46 heavy (non-hydrogen) atoms. The first-order chi connectivity index (χ1) is 22.9. The van der Waals surface area contributed by atoms with Gasteiger partial charge in [-0.1, -0.05) is 97.1 Å². The van der Waals surface area contributed by atoms with Crippen LogP contribution in [0.25, 0.3) is 55.0 Å². The molecule has 0 fully saturated rings. The fraction of sp³-hybridized carbons (Fsp3) is 0. The van der Waals surface area contributed by atoms with Crippen molar-refractivity contribution in [1.29, 1.82) is 0 Å². The van der Waals surface area contributed by atoms with E-state index in [2.05, 4.69) is 172 Å². The molecule has 4 heteroatoms. The molecule has 4 heterocycles. The normalized spacial score (nSPS) is 12.7. The summed E-state index contributed by atoms with van der Waals surface area (Å²) in [7, 11) is 0. The lowest BCUT2D eigenvalue weighted by Gasteiger charge is -2.33. The number of nitrogens with zero attached hydrogens (tertiary/aromatic N) is 3. The van der Waals surface area contributed by atoms with Crippen LogP contribution in [0.5, 0.6) is 0 Å². The van der Waals surface area contributed by atoms with Gasteiger partial charge in [-0.05, 0) is 77.1 Å². The first-order valence-electron chi connectivity index (χ1n) is 16.0. The highest BCUT2D eigenvalue weighted by Crippen LogP contribution is 2.42. The second-order valence-corrected chi connectivity index (χ2v) is 12.5. The van der Waals surface area contributed by atoms with E-state index in [0.717, 1.165) is 17.1 Å². The van der Waals surface area contributed by atoms with Crippen LogP contribution in [0, 0.1) is 0 Å². The number of anilines is 3. The molecule has 7 aromatic carbocycles. The van der Waals surface area contributed by atoms with Gasteiger partial charge in [0.05, 0.1) is 16.6 Å². The average Bonchev–Trinajstić information content (AvgIpc) is 3.64. The van der Waals surface area contributed by atoms with Crippen molar-refractivity contribution in [2.24, 2.45) is 0 Å². The minimum absolute atomic E-state index is 0.164. The standard InChI is InChI=1S/C42H26BN3/c1-3-12-27(13-4-1)44(28-14-5-2-6-15-28)29-22-24-37-33(26-29)32-23-25-39-40-42(32)45(37)38-21-10-8-18-34(38)43(40)35-19-11-17-31-30-16-7-9-20-36(30)46(39)41(31)35/h1-26H. The largest absolute Gasteiger partial charge is 0.310 e.